The van der Waals surface area contributed by atoms with Crippen LogP contribution in [-0.4, -0.2) is 31.9 Å². The number of aryl methyl sites for hydroxylation is 1. The van der Waals surface area contributed by atoms with Crippen LogP contribution in [-0.2, 0) is 6.42 Å². The molecular weight excluding hydrogens is 405 g/mol. The van der Waals surface area contributed by atoms with Crippen LogP contribution in [0, 0.1) is 11.7 Å². The number of nitrogens with zero attached hydrogens (tertiary/aromatic N) is 5. The second-order valence-electron chi connectivity index (χ2n) is 8.51. The number of halogens is 1. The minimum absolute atomic E-state index is 0.0248. The van der Waals surface area contributed by atoms with Gasteiger partial charge in [-0.05, 0) is 56.7 Å². The molecule has 4 heterocycles. The number of fused-ring (bicyclic) bond motifs is 1. The summed E-state index contributed by atoms with van der Waals surface area (Å²) < 4.78 is 16.0. The molecule has 0 saturated carbocycles. The Labute approximate surface area is 189 Å². The Bertz CT molecular complexity index is 1060. The van der Waals surface area contributed by atoms with Crippen molar-refractivity contribution in [1.29, 1.82) is 0 Å². The van der Waals surface area contributed by atoms with Gasteiger partial charge >= 0.3 is 0 Å². The van der Waals surface area contributed by atoms with E-state index in [1.807, 2.05) is 26.1 Å². The van der Waals surface area contributed by atoms with E-state index in [0.717, 1.165) is 55.9 Å². The van der Waals surface area contributed by atoms with Gasteiger partial charge in [-0.15, -0.1) is 0 Å². The van der Waals surface area contributed by atoms with Gasteiger partial charge in [-0.2, -0.15) is 5.10 Å². The molecule has 1 aliphatic rings. The van der Waals surface area contributed by atoms with Crippen molar-refractivity contribution >= 4 is 17.2 Å². The van der Waals surface area contributed by atoms with Crippen molar-refractivity contribution < 1.29 is 9.18 Å². The van der Waals surface area contributed by atoms with Gasteiger partial charge < -0.3 is 4.90 Å². The van der Waals surface area contributed by atoms with Crippen molar-refractivity contribution in [3.05, 3.63) is 53.4 Å². The zero-order valence-corrected chi connectivity index (χ0v) is 19.8. The third-order valence-corrected chi connectivity index (χ3v) is 5.70. The van der Waals surface area contributed by atoms with Crippen LogP contribution in [0.5, 0.6) is 0 Å². The van der Waals surface area contributed by atoms with E-state index in [1.54, 1.807) is 22.8 Å². The number of carbonyl (C=O) groups is 1. The molecule has 0 amide bonds. The van der Waals surface area contributed by atoms with E-state index in [-0.39, 0.29) is 17.6 Å². The number of rotatable bonds is 7. The summed E-state index contributed by atoms with van der Waals surface area (Å²) in [5.74, 6) is 1.10. The molecular formula is C25H34FN5O. The Hall–Kier alpha value is -2.83. The first-order valence-corrected chi connectivity index (χ1v) is 11.7. The van der Waals surface area contributed by atoms with E-state index < -0.39 is 0 Å². The van der Waals surface area contributed by atoms with Gasteiger partial charge in [0, 0.05) is 18.4 Å². The molecule has 0 aromatic carbocycles. The fourth-order valence-corrected chi connectivity index (χ4v) is 4.18. The molecule has 0 bridgehead atoms. The third-order valence-electron chi connectivity index (χ3n) is 5.70. The lowest BCUT2D eigenvalue weighted by Gasteiger charge is -2.26. The zero-order chi connectivity index (χ0) is 23.3. The number of Topliss-reactive ketones (excluding diaryl/α,β-unsaturated/α-hetero) is 1. The summed E-state index contributed by atoms with van der Waals surface area (Å²) in [5.41, 5.74) is 2.63. The Morgan fingerprint density at radius 3 is 2.75 bits per heavy atom. The molecule has 1 fully saturated rings. The molecule has 0 unspecified atom stereocenters. The second kappa shape index (κ2) is 10.7. The molecule has 1 aliphatic heterocycles. The van der Waals surface area contributed by atoms with Gasteiger partial charge in [0.05, 0.1) is 23.5 Å². The monoisotopic (exact) mass is 439 g/mol. The number of aromatic nitrogens is 4. The quantitative estimate of drug-likeness (QED) is 0.435. The fourth-order valence-electron chi connectivity index (χ4n) is 4.18. The number of ketones is 1. The van der Waals surface area contributed by atoms with Crippen molar-refractivity contribution in [2.24, 2.45) is 5.92 Å². The Kier molecular flexibility index (Phi) is 7.94. The third kappa shape index (κ3) is 5.31. The second-order valence-corrected chi connectivity index (χ2v) is 8.51. The highest BCUT2D eigenvalue weighted by molar-refractivity contribution is 5.99. The van der Waals surface area contributed by atoms with E-state index in [0.29, 0.717) is 17.1 Å². The number of hydrogen-bond acceptors (Lipinski definition) is 5. The topological polar surface area (TPSA) is 63.4 Å². The first-order chi connectivity index (χ1) is 15.4. The summed E-state index contributed by atoms with van der Waals surface area (Å²) in [6.07, 6.45) is 8.15. The van der Waals surface area contributed by atoms with E-state index in [4.69, 9.17) is 9.97 Å². The van der Waals surface area contributed by atoms with Crippen LogP contribution in [0.1, 0.15) is 88.1 Å². The number of carbonyl (C=O) groups excluding carboxylic acids is 1. The summed E-state index contributed by atoms with van der Waals surface area (Å²) in [7, 11) is 0. The maximum absolute atomic E-state index is 14.4. The van der Waals surface area contributed by atoms with Gasteiger partial charge in [-0.25, -0.2) is 13.9 Å². The molecule has 0 spiro atoms. The van der Waals surface area contributed by atoms with Crippen LogP contribution >= 0.6 is 0 Å². The molecule has 7 heteroatoms. The van der Waals surface area contributed by atoms with Crippen LogP contribution in [0.3, 0.4) is 0 Å². The molecule has 1 saturated heterocycles. The maximum Gasteiger partial charge on any atom is 0.168 e. The summed E-state index contributed by atoms with van der Waals surface area (Å²) in [6.45, 7) is 10.7. The van der Waals surface area contributed by atoms with Gasteiger partial charge in [0.1, 0.15) is 11.6 Å². The van der Waals surface area contributed by atoms with Crippen molar-refractivity contribution in [2.45, 2.75) is 72.8 Å². The van der Waals surface area contributed by atoms with Crippen LogP contribution in [0.4, 0.5) is 10.2 Å². The SMILES string of the molecule is CC.CC(=O)c1cnn2ccc(N3CCC[C@@H]3c3cc(F)cc(CCCC(C)C)n3)nc12. The van der Waals surface area contributed by atoms with E-state index >= 15 is 0 Å². The molecule has 32 heavy (non-hydrogen) atoms. The maximum atomic E-state index is 14.4. The highest BCUT2D eigenvalue weighted by atomic mass is 19.1. The minimum Gasteiger partial charge on any atom is -0.348 e. The largest absolute Gasteiger partial charge is 0.348 e. The lowest BCUT2D eigenvalue weighted by molar-refractivity contribution is 0.101. The lowest BCUT2D eigenvalue weighted by Crippen LogP contribution is -2.25. The molecule has 0 aliphatic carbocycles. The molecule has 0 radical (unpaired) electrons. The van der Waals surface area contributed by atoms with Crippen molar-refractivity contribution in [3.8, 4) is 0 Å². The average Bonchev–Trinajstić information content (AvgIpc) is 3.41. The predicted octanol–water partition coefficient (Wildman–Crippen LogP) is 5.81. The van der Waals surface area contributed by atoms with Gasteiger partial charge in [0.15, 0.2) is 11.4 Å². The van der Waals surface area contributed by atoms with Gasteiger partial charge in [0.25, 0.3) is 0 Å². The molecule has 3 aromatic rings. The number of pyridine rings is 1. The molecule has 3 aromatic heterocycles. The first-order valence-electron chi connectivity index (χ1n) is 11.7. The average molecular weight is 440 g/mol. The van der Waals surface area contributed by atoms with Crippen molar-refractivity contribution in [1.82, 2.24) is 19.6 Å². The number of hydrogen-bond donors (Lipinski definition) is 0. The zero-order valence-electron chi connectivity index (χ0n) is 19.8. The van der Waals surface area contributed by atoms with Crippen LogP contribution in [0.25, 0.3) is 5.65 Å². The Morgan fingerprint density at radius 2 is 2.03 bits per heavy atom. The smallest absolute Gasteiger partial charge is 0.168 e. The van der Waals surface area contributed by atoms with Gasteiger partial charge in [-0.3, -0.25) is 9.78 Å². The fraction of sp³-hybridized carbons (Fsp3) is 0.520. The molecule has 172 valence electrons. The summed E-state index contributed by atoms with van der Waals surface area (Å²) >= 11 is 0. The van der Waals surface area contributed by atoms with E-state index in [1.165, 1.54) is 6.92 Å². The van der Waals surface area contributed by atoms with Crippen LogP contribution < -0.4 is 4.90 Å². The van der Waals surface area contributed by atoms with E-state index in [9.17, 15) is 9.18 Å². The van der Waals surface area contributed by atoms with Crippen molar-refractivity contribution in [2.75, 3.05) is 11.4 Å². The molecule has 4 rings (SSSR count). The predicted molar refractivity (Wildman–Crippen MR) is 126 cm³/mol. The summed E-state index contributed by atoms with van der Waals surface area (Å²) in [6, 6.07) is 4.97. The minimum atomic E-state index is -0.232. The van der Waals surface area contributed by atoms with Crippen LogP contribution in [0.15, 0.2) is 30.6 Å². The Morgan fingerprint density at radius 1 is 1.25 bits per heavy atom. The normalized spacial score (nSPS) is 15.8. The standard InChI is InChI=1S/C23H28FN5O.C2H6/c1-15(2)6-4-7-18-12-17(24)13-20(26-18)21-8-5-10-28(21)22-9-11-29-23(27-22)19(14-25-29)16(3)30;1-2/h9,11-15,21H,4-8,10H2,1-3H3;1-2H3/t21-;/m1./s1. The summed E-state index contributed by atoms with van der Waals surface area (Å²) in [5, 5.41) is 4.20. The lowest BCUT2D eigenvalue weighted by atomic mass is 10.0. The van der Waals surface area contributed by atoms with Gasteiger partial charge in [-0.1, -0.05) is 34.1 Å². The Balaban J connectivity index is 0.00000141. The van der Waals surface area contributed by atoms with E-state index in [2.05, 4.69) is 23.8 Å². The van der Waals surface area contributed by atoms with Gasteiger partial charge in [0.2, 0.25) is 0 Å². The summed E-state index contributed by atoms with van der Waals surface area (Å²) in [4.78, 5) is 23.6. The molecule has 1 atom stereocenters. The van der Waals surface area contributed by atoms with Crippen molar-refractivity contribution in [3.63, 3.8) is 0 Å². The molecule has 0 N–H and O–H groups in total. The number of anilines is 1. The first kappa shape index (κ1) is 23.8. The highest BCUT2D eigenvalue weighted by Crippen LogP contribution is 2.35. The van der Waals surface area contributed by atoms with Crippen LogP contribution in [0.2, 0.25) is 0 Å². The molecule has 6 nitrogen and oxygen atoms in total. The highest BCUT2D eigenvalue weighted by Gasteiger charge is 2.29.